The summed E-state index contributed by atoms with van der Waals surface area (Å²) in [6, 6.07) is 10.2. The maximum Gasteiger partial charge on any atom is 0.279 e. The number of fused-ring (bicyclic) bond motifs is 2. The first-order valence-corrected chi connectivity index (χ1v) is 10.0. The quantitative estimate of drug-likeness (QED) is 0.710. The van der Waals surface area contributed by atoms with Gasteiger partial charge in [0, 0.05) is 38.9 Å². The van der Waals surface area contributed by atoms with Gasteiger partial charge in [-0.1, -0.05) is 18.2 Å². The monoisotopic (exact) mass is 391 g/mol. The van der Waals surface area contributed by atoms with Crippen molar-refractivity contribution in [3.63, 3.8) is 0 Å². The molecule has 0 amide bonds. The van der Waals surface area contributed by atoms with E-state index in [0.29, 0.717) is 12.1 Å². The van der Waals surface area contributed by atoms with Crippen molar-refractivity contribution in [2.45, 2.75) is 32.0 Å². The second-order valence-electron chi connectivity index (χ2n) is 7.93. The molecule has 0 aliphatic carbocycles. The van der Waals surface area contributed by atoms with Crippen LogP contribution in [0.15, 0.2) is 46.3 Å². The molecule has 0 spiro atoms. The van der Waals surface area contributed by atoms with Gasteiger partial charge in [-0.3, -0.25) is 4.79 Å². The maximum atomic E-state index is 13.1. The lowest BCUT2D eigenvalue weighted by atomic mass is 10.1. The fourth-order valence-corrected chi connectivity index (χ4v) is 4.14. The number of imidazole rings is 1. The molecule has 1 unspecified atom stereocenters. The van der Waals surface area contributed by atoms with E-state index in [1.165, 1.54) is 5.56 Å². The number of nitrogens with two attached hydrogens (primary N) is 1. The van der Waals surface area contributed by atoms with Crippen LogP contribution >= 0.6 is 0 Å². The third-order valence-electron chi connectivity index (χ3n) is 5.76. The van der Waals surface area contributed by atoms with E-state index in [0.717, 1.165) is 55.5 Å². The summed E-state index contributed by atoms with van der Waals surface area (Å²) in [6.45, 7) is 2.86. The highest BCUT2D eigenvalue weighted by Gasteiger charge is 2.21. The van der Waals surface area contributed by atoms with E-state index in [1.54, 1.807) is 4.57 Å². The molecule has 3 N–H and O–H groups in total. The average Bonchev–Trinajstić information content (AvgIpc) is 3.16. The molecule has 0 bridgehead atoms. The Labute approximate surface area is 168 Å². The minimum Gasteiger partial charge on any atom is -0.357 e. The van der Waals surface area contributed by atoms with E-state index in [9.17, 15) is 4.79 Å². The predicted octanol–water partition coefficient (Wildman–Crippen LogP) is 1.83. The second-order valence-corrected chi connectivity index (χ2v) is 7.93. The summed E-state index contributed by atoms with van der Waals surface area (Å²) in [4.78, 5) is 30.0. The van der Waals surface area contributed by atoms with Crippen LogP contribution in [0.4, 0.5) is 11.6 Å². The molecule has 2 aliphatic heterocycles. The van der Waals surface area contributed by atoms with Gasteiger partial charge in [0.15, 0.2) is 5.52 Å². The van der Waals surface area contributed by atoms with Gasteiger partial charge >= 0.3 is 0 Å². The Morgan fingerprint density at radius 1 is 1.28 bits per heavy atom. The Bertz CT molecular complexity index is 1150. The lowest BCUT2D eigenvalue weighted by Gasteiger charge is -2.30. The molecule has 1 atom stereocenters. The first kappa shape index (κ1) is 17.9. The summed E-state index contributed by atoms with van der Waals surface area (Å²) < 4.78 is 1.68. The minimum atomic E-state index is -0.110. The summed E-state index contributed by atoms with van der Waals surface area (Å²) in [7, 11) is 2.00. The van der Waals surface area contributed by atoms with E-state index in [-0.39, 0.29) is 11.6 Å². The van der Waals surface area contributed by atoms with Crippen LogP contribution in [0.5, 0.6) is 0 Å². The van der Waals surface area contributed by atoms with Crippen LogP contribution in [-0.2, 0) is 13.1 Å². The van der Waals surface area contributed by atoms with Crippen LogP contribution in [0.25, 0.3) is 11.0 Å². The number of nitrogens with one attached hydrogen (secondary N) is 1. The number of piperidine rings is 1. The van der Waals surface area contributed by atoms with Crippen molar-refractivity contribution in [1.82, 2.24) is 19.4 Å². The van der Waals surface area contributed by atoms with Crippen LogP contribution in [0.3, 0.4) is 0 Å². The fraction of sp³-hybridized carbons (Fsp3) is 0.381. The van der Waals surface area contributed by atoms with Crippen molar-refractivity contribution < 1.29 is 0 Å². The number of pyridine rings is 1. The largest absolute Gasteiger partial charge is 0.357 e. The van der Waals surface area contributed by atoms with Crippen LogP contribution in [0.1, 0.15) is 18.4 Å². The number of benzene rings is 1. The Balaban J connectivity index is 1.46. The van der Waals surface area contributed by atoms with Gasteiger partial charge in [-0.2, -0.15) is 0 Å². The van der Waals surface area contributed by atoms with Crippen molar-refractivity contribution in [3.8, 4) is 0 Å². The number of nitrogens with zero attached hydrogens (tertiary/aromatic N) is 5. The number of aromatic nitrogens is 3. The highest BCUT2D eigenvalue weighted by atomic mass is 16.1. The third-order valence-corrected chi connectivity index (χ3v) is 5.76. The smallest absolute Gasteiger partial charge is 0.279 e. The minimum absolute atomic E-state index is 0.110. The zero-order valence-corrected chi connectivity index (χ0v) is 16.5. The van der Waals surface area contributed by atoms with Crippen LogP contribution in [0.2, 0.25) is 0 Å². The van der Waals surface area contributed by atoms with Gasteiger partial charge in [0.1, 0.15) is 5.84 Å². The molecule has 150 valence electrons. The fourth-order valence-electron chi connectivity index (χ4n) is 4.14. The first-order valence-electron chi connectivity index (χ1n) is 10.0. The molecule has 1 aromatic carbocycles. The number of H-pyrrole nitrogens is 1. The lowest BCUT2D eigenvalue weighted by Crippen LogP contribution is -2.43. The van der Waals surface area contributed by atoms with Gasteiger partial charge in [0.25, 0.3) is 5.56 Å². The number of aromatic amines is 1. The van der Waals surface area contributed by atoms with Gasteiger partial charge in [-0.05, 0) is 30.5 Å². The molecule has 1 fully saturated rings. The maximum absolute atomic E-state index is 13.1. The first-order chi connectivity index (χ1) is 14.1. The molecule has 0 saturated carbocycles. The lowest BCUT2D eigenvalue weighted by molar-refractivity contribution is 0.473. The molecule has 2 aromatic heterocycles. The molecular formula is C21H25N7O. The predicted molar refractivity (Wildman–Crippen MR) is 115 cm³/mol. The normalized spacial score (nSPS) is 19.4. The number of anilines is 1. The molecule has 29 heavy (non-hydrogen) atoms. The van der Waals surface area contributed by atoms with Crippen molar-refractivity contribution in [2.24, 2.45) is 10.7 Å². The molecule has 8 heteroatoms. The summed E-state index contributed by atoms with van der Waals surface area (Å²) in [6.07, 6.45) is 3.88. The Morgan fingerprint density at radius 3 is 3.00 bits per heavy atom. The molecule has 1 saturated heterocycles. The molecule has 4 heterocycles. The van der Waals surface area contributed by atoms with Crippen molar-refractivity contribution in [3.05, 3.63) is 52.4 Å². The molecule has 8 nitrogen and oxygen atoms in total. The number of hydrogen-bond donors (Lipinski definition) is 2. The van der Waals surface area contributed by atoms with E-state index in [1.807, 2.05) is 37.5 Å². The zero-order chi connectivity index (χ0) is 20.0. The van der Waals surface area contributed by atoms with Crippen molar-refractivity contribution >= 4 is 28.5 Å². The number of amidine groups is 1. The molecule has 3 aromatic rings. The van der Waals surface area contributed by atoms with Gasteiger partial charge in [0.2, 0.25) is 5.95 Å². The van der Waals surface area contributed by atoms with Gasteiger partial charge < -0.3 is 25.1 Å². The zero-order valence-electron chi connectivity index (χ0n) is 16.5. The summed E-state index contributed by atoms with van der Waals surface area (Å²) in [5.41, 5.74) is 9.36. The second kappa shape index (κ2) is 7.04. The SMILES string of the molecule is CN1Cc2ccccc2N=C1Cn1ccc2[nH]c(N3CCCC(N)C3)nc2c1=O. The number of para-hydroxylation sites is 1. The van der Waals surface area contributed by atoms with Crippen LogP contribution < -0.4 is 16.2 Å². The van der Waals surface area contributed by atoms with Gasteiger partial charge in [-0.15, -0.1) is 0 Å². The van der Waals surface area contributed by atoms with E-state index < -0.39 is 0 Å². The highest BCUT2D eigenvalue weighted by molar-refractivity contribution is 5.87. The summed E-state index contributed by atoms with van der Waals surface area (Å²) >= 11 is 0. The molecule has 0 radical (unpaired) electrons. The number of rotatable bonds is 3. The summed E-state index contributed by atoms with van der Waals surface area (Å²) in [5.74, 6) is 1.59. The third kappa shape index (κ3) is 3.29. The van der Waals surface area contributed by atoms with Gasteiger partial charge in [0.05, 0.1) is 17.7 Å². The standard InChI is InChI=1S/C21H25N7O/c1-26-11-14-5-2-3-7-16(14)23-18(26)13-27-10-8-17-19(20(27)29)25-21(24-17)28-9-4-6-15(22)12-28/h2-3,5,7-8,10,15H,4,6,9,11-13,22H2,1H3,(H,24,25). The molecule has 2 aliphatic rings. The van der Waals surface area contributed by atoms with E-state index >= 15 is 0 Å². The van der Waals surface area contributed by atoms with E-state index in [2.05, 4.69) is 25.8 Å². The number of aliphatic imine (C=N–C) groups is 1. The topological polar surface area (TPSA) is 95.5 Å². The van der Waals surface area contributed by atoms with Crippen LogP contribution in [-0.4, -0.2) is 51.4 Å². The van der Waals surface area contributed by atoms with Crippen LogP contribution in [0, 0.1) is 0 Å². The Morgan fingerprint density at radius 2 is 2.14 bits per heavy atom. The highest BCUT2D eigenvalue weighted by Crippen LogP contribution is 2.25. The number of likely N-dealkylation sites (N-methyl/N-ethyl adjacent to an activating group) is 1. The molecule has 5 rings (SSSR count). The number of hydrogen-bond acceptors (Lipinski definition) is 6. The molecular weight excluding hydrogens is 366 g/mol. The van der Waals surface area contributed by atoms with E-state index in [4.69, 9.17) is 10.7 Å². The summed E-state index contributed by atoms with van der Waals surface area (Å²) in [5, 5.41) is 0. The van der Waals surface area contributed by atoms with Gasteiger partial charge in [-0.25, -0.2) is 9.98 Å². The van der Waals surface area contributed by atoms with Crippen molar-refractivity contribution in [1.29, 1.82) is 0 Å². The average molecular weight is 391 g/mol. The Hall–Kier alpha value is -3.13. The Kier molecular flexibility index (Phi) is 4.35. The van der Waals surface area contributed by atoms with Crippen molar-refractivity contribution in [2.75, 3.05) is 25.0 Å².